The topological polar surface area (TPSA) is 3.24 Å². The third-order valence-corrected chi connectivity index (χ3v) is 4.83. The maximum absolute atomic E-state index is 2.53. The molecular weight excluding hydrogens is 290 g/mol. The van der Waals surface area contributed by atoms with E-state index < -0.39 is 0 Å². The highest BCUT2D eigenvalue weighted by Crippen LogP contribution is 2.30. The smallest absolute Gasteiger partial charge is 0.0429 e. The second kappa shape index (κ2) is 6.92. The van der Waals surface area contributed by atoms with Gasteiger partial charge in [-0.3, -0.25) is 0 Å². The number of anilines is 1. The summed E-state index contributed by atoms with van der Waals surface area (Å²) in [5.74, 6) is 0. The van der Waals surface area contributed by atoms with E-state index in [4.69, 9.17) is 0 Å². The van der Waals surface area contributed by atoms with E-state index in [0.717, 1.165) is 19.5 Å². The monoisotopic (exact) mass is 313 g/mol. The Balaban J connectivity index is 1.55. The van der Waals surface area contributed by atoms with Crippen LogP contribution in [-0.2, 0) is 19.4 Å². The van der Waals surface area contributed by atoms with Crippen molar-refractivity contribution in [2.75, 3.05) is 11.4 Å². The zero-order valence-corrected chi connectivity index (χ0v) is 14.0. The summed E-state index contributed by atoms with van der Waals surface area (Å²) in [6.45, 7) is 2.16. The van der Waals surface area contributed by atoms with Crippen molar-refractivity contribution in [2.45, 2.75) is 25.8 Å². The van der Waals surface area contributed by atoms with Crippen molar-refractivity contribution in [1.29, 1.82) is 0 Å². The van der Waals surface area contributed by atoms with Crippen molar-refractivity contribution in [3.8, 4) is 0 Å². The Kier molecular flexibility index (Phi) is 4.33. The molecule has 0 saturated carbocycles. The fraction of sp³-hybridized carbons (Fsp3) is 0.217. The maximum atomic E-state index is 2.53. The van der Waals surface area contributed by atoms with Crippen molar-refractivity contribution in [3.63, 3.8) is 0 Å². The Morgan fingerprint density at radius 3 is 2.17 bits per heavy atom. The molecule has 1 nitrogen and oxygen atoms in total. The predicted molar refractivity (Wildman–Crippen MR) is 102 cm³/mol. The summed E-state index contributed by atoms with van der Waals surface area (Å²) < 4.78 is 0. The quantitative estimate of drug-likeness (QED) is 0.637. The van der Waals surface area contributed by atoms with Crippen LogP contribution in [0, 0.1) is 0 Å². The molecule has 1 heterocycles. The van der Waals surface area contributed by atoms with E-state index in [1.807, 2.05) is 0 Å². The number of fused-ring (bicyclic) bond motifs is 1. The van der Waals surface area contributed by atoms with E-state index in [-0.39, 0.29) is 0 Å². The SMILES string of the molecule is c1ccc(Cc2ccc3c(c2)CCCN3Cc2ccccc2)cc1. The molecule has 0 fully saturated rings. The Hall–Kier alpha value is -2.54. The molecule has 24 heavy (non-hydrogen) atoms. The van der Waals surface area contributed by atoms with Crippen molar-refractivity contribution >= 4 is 5.69 Å². The van der Waals surface area contributed by atoms with Gasteiger partial charge in [0.05, 0.1) is 0 Å². The predicted octanol–water partition coefficient (Wildman–Crippen LogP) is 5.23. The van der Waals surface area contributed by atoms with Crippen LogP contribution in [0.25, 0.3) is 0 Å². The third-order valence-electron chi connectivity index (χ3n) is 4.83. The van der Waals surface area contributed by atoms with Crippen LogP contribution in [0.4, 0.5) is 5.69 Å². The van der Waals surface area contributed by atoms with Gasteiger partial charge < -0.3 is 4.90 Å². The normalized spacial score (nSPS) is 13.6. The van der Waals surface area contributed by atoms with Crippen LogP contribution in [0.15, 0.2) is 78.9 Å². The number of aryl methyl sites for hydroxylation is 1. The van der Waals surface area contributed by atoms with Gasteiger partial charge >= 0.3 is 0 Å². The average Bonchev–Trinajstić information content (AvgIpc) is 2.63. The van der Waals surface area contributed by atoms with E-state index in [1.54, 1.807) is 0 Å². The number of benzene rings is 3. The zero-order chi connectivity index (χ0) is 16.2. The summed E-state index contributed by atoms with van der Waals surface area (Å²) in [5, 5.41) is 0. The molecule has 0 N–H and O–H groups in total. The number of nitrogens with zero attached hydrogens (tertiary/aromatic N) is 1. The summed E-state index contributed by atoms with van der Waals surface area (Å²) in [7, 11) is 0. The zero-order valence-electron chi connectivity index (χ0n) is 14.0. The molecule has 3 aromatic carbocycles. The first-order valence-corrected chi connectivity index (χ1v) is 8.83. The standard InChI is InChI=1S/C23H23N/c1-3-8-19(9-4-1)16-21-13-14-23-22(17-21)12-7-15-24(23)18-20-10-5-2-6-11-20/h1-6,8-11,13-14,17H,7,12,15-16,18H2. The van der Waals surface area contributed by atoms with Crippen molar-refractivity contribution in [2.24, 2.45) is 0 Å². The molecule has 0 bridgehead atoms. The molecule has 120 valence electrons. The van der Waals surface area contributed by atoms with Gasteiger partial charge in [0.15, 0.2) is 0 Å². The Bertz CT molecular complexity index is 793. The fourth-order valence-electron chi connectivity index (χ4n) is 3.64. The lowest BCUT2D eigenvalue weighted by atomic mass is 9.96. The molecule has 0 saturated heterocycles. The van der Waals surface area contributed by atoms with Crippen LogP contribution in [0.2, 0.25) is 0 Å². The van der Waals surface area contributed by atoms with Crippen LogP contribution >= 0.6 is 0 Å². The molecule has 0 atom stereocenters. The van der Waals surface area contributed by atoms with Crippen molar-refractivity contribution in [1.82, 2.24) is 0 Å². The minimum absolute atomic E-state index is 1.01. The third kappa shape index (κ3) is 3.35. The highest BCUT2D eigenvalue weighted by atomic mass is 15.1. The molecule has 4 rings (SSSR count). The Labute approximate surface area is 144 Å². The first-order valence-electron chi connectivity index (χ1n) is 8.83. The Morgan fingerprint density at radius 2 is 1.42 bits per heavy atom. The largest absolute Gasteiger partial charge is 0.367 e. The lowest BCUT2D eigenvalue weighted by Gasteiger charge is -2.32. The second-order valence-corrected chi connectivity index (χ2v) is 6.64. The van der Waals surface area contributed by atoms with Crippen LogP contribution in [-0.4, -0.2) is 6.54 Å². The van der Waals surface area contributed by atoms with E-state index in [2.05, 4.69) is 83.8 Å². The summed E-state index contributed by atoms with van der Waals surface area (Å²) in [4.78, 5) is 2.53. The molecule has 1 aliphatic rings. The first kappa shape index (κ1) is 15.0. The highest BCUT2D eigenvalue weighted by molar-refractivity contribution is 5.57. The number of rotatable bonds is 4. The molecule has 1 aliphatic heterocycles. The van der Waals surface area contributed by atoms with Gasteiger partial charge in [-0.05, 0) is 47.6 Å². The van der Waals surface area contributed by atoms with Gasteiger partial charge in [-0.1, -0.05) is 72.8 Å². The van der Waals surface area contributed by atoms with Crippen LogP contribution in [0.3, 0.4) is 0 Å². The fourth-order valence-corrected chi connectivity index (χ4v) is 3.64. The minimum Gasteiger partial charge on any atom is -0.367 e. The molecule has 0 spiro atoms. The van der Waals surface area contributed by atoms with E-state index in [1.165, 1.54) is 40.8 Å². The van der Waals surface area contributed by atoms with E-state index in [9.17, 15) is 0 Å². The van der Waals surface area contributed by atoms with Crippen molar-refractivity contribution < 1.29 is 0 Å². The molecule has 0 radical (unpaired) electrons. The summed E-state index contributed by atoms with van der Waals surface area (Å²) in [6, 6.07) is 28.6. The number of hydrogen-bond donors (Lipinski definition) is 0. The maximum Gasteiger partial charge on any atom is 0.0429 e. The van der Waals surface area contributed by atoms with Gasteiger partial charge in [0.2, 0.25) is 0 Å². The molecule has 0 unspecified atom stereocenters. The molecule has 0 aromatic heterocycles. The van der Waals surface area contributed by atoms with Gasteiger partial charge in [0, 0.05) is 18.8 Å². The minimum atomic E-state index is 1.01. The molecule has 1 heteroatoms. The molecule has 3 aromatic rings. The molecule has 0 amide bonds. The summed E-state index contributed by atoms with van der Waals surface area (Å²) in [5.41, 5.74) is 7.11. The van der Waals surface area contributed by atoms with E-state index in [0.29, 0.717) is 0 Å². The van der Waals surface area contributed by atoms with Crippen LogP contribution in [0.1, 0.15) is 28.7 Å². The van der Waals surface area contributed by atoms with Crippen molar-refractivity contribution in [3.05, 3.63) is 101 Å². The van der Waals surface area contributed by atoms with Gasteiger partial charge in [-0.2, -0.15) is 0 Å². The van der Waals surface area contributed by atoms with Gasteiger partial charge in [-0.15, -0.1) is 0 Å². The van der Waals surface area contributed by atoms with Crippen LogP contribution < -0.4 is 4.90 Å². The Morgan fingerprint density at radius 1 is 0.708 bits per heavy atom. The lowest BCUT2D eigenvalue weighted by molar-refractivity contribution is 0.690. The summed E-state index contributed by atoms with van der Waals surface area (Å²) in [6.07, 6.45) is 3.46. The van der Waals surface area contributed by atoms with Gasteiger partial charge in [0.1, 0.15) is 0 Å². The number of hydrogen-bond acceptors (Lipinski definition) is 1. The highest BCUT2D eigenvalue weighted by Gasteiger charge is 2.17. The van der Waals surface area contributed by atoms with E-state index >= 15 is 0 Å². The van der Waals surface area contributed by atoms with Gasteiger partial charge in [0.25, 0.3) is 0 Å². The second-order valence-electron chi connectivity index (χ2n) is 6.64. The first-order chi connectivity index (χ1) is 11.9. The van der Waals surface area contributed by atoms with Gasteiger partial charge in [-0.25, -0.2) is 0 Å². The lowest BCUT2D eigenvalue weighted by Crippen LogP contribution is -2.28. The average molecular weight is 313 g/mol. The summed E-state index contributed by atoms with van der Waals surface area (Å²) >= 11 is 0. The molecular formula is C23H23N. The van der Waals surface area contributed by atoms with Crippen LogP contribution in [0.5, 0.6) is 0 Å². The molecule has 0 aliphatic carbocycles.